The number of likely N-dealkylation sites (N-methyl/N-ethyl adjacent to an activating group) is 1. The van der Waals surface area contributed by atoms with Crippen molar-refractivity contribution in [3.63, 3.8) is 0 Å². The summed E-state index contributed by atoms with van der Waals surface area (Å²) in [5.74, 6) is 2.37. The van der Waals surface area contributed by atoms with E-state index in [1.54, 1.807) is 14.2 Å². The fourth-order valence-electron chi connectivity index (χ4n) is 3.58. The van der Waals surface area contributed by atoms with Crippen LogP contribution in [0, 0.1) is 11.3 Å². The van der Waals surface area contributed by atoms with E-state index in [1.165, 1.54) is 16.7 Å². The minimum absolute atomic E-state index is 0.291. The Kier molecular flexibility index (Phi) is 6.20. The molecule has 0 radical (unpaired) electrons. The molecule has 0 amide bonds. The van der Waals surface area contributed by atoms with Crippen LogP contribution >= 0.6 is 0 Å². The molecule has 3 rings (SSSR count). The van der Waals surface area contributed by atoms with Crippen LogP contribution in [-0.2, 0) is 12.8 Å². The number of hydrogen-bond acceptors (Lipinski definition) is 5. The lowest BCUT2D eigenvalue weighted by atomic mass is 9.88. The zero-order chi connectivity index (χ0) is 19.2. The number of nitrogens with zero attached hydrogens (tertiary/aromatic N) is 2. The van der Waals surface area contributed by atoms with Crippen molar-refractivity contribution in [3.8, 4) is 23.3 Å². The molecule has 2 aromatic carbocycles. The standard InChI is InChI=1S/C22H26N2O3/c1-24-11-9-17-14-21(25-2)22(26-3)15-19(17)20(24)13-16-5-7-18(8-6-16)27-12-4-10-23/h5-8,14-15,20H,4,9,11-13H2,1-3H3/t20-/m0/s1. The number of hydrogen-bond donors (Lipinski definition) is 0. The molecule has 1 aliphatic heterocycles. The Balaban J connectivity index is 1.80. The average molecular weight is 366 g/mol. The molecule has 27 heavy (non-hydrogen) atoms. The van der Waals surface area contributed by atoms with Crippen molar-refractivity contribution in [2.24, 2.45) is 0 Å². The average Bonchev–Trinajstić information content (AvgIpc) is 2.70. The SMILES string of the molecule is COc1cc2c(cc1OC)[C@H](Cc1ccc(OCCC#N)cc1)N(C)CC2. The Labute approximate surface area is 161 Å². The molecule has 5 heteroatoms. The highest BCUT2D eigenvalue weighted by atomic mass is 16.5. The third-order valence-corrected chi connectivity index (χ3v) is 5.11. The van der Waals surface area contributed by atoms with Gasteiger partial charge in [-0.05, 0) is 60.8 Å². The second-order valence-electron chi connectivity index (χ2n) is 6.76. The summed E-state index contributed by atoms with van der Waals surface area (Å²) in [6, 6.07) is 14.8. The maximum absolute atomic E-state index is 8.59. The van der Waals surface area contributed by atoms with Gasteiger partial charge in [-0.2, -0.15) is 5.26 Å². The number of methoxy groups -OCH3 is 2. The van der Waals surface area contributed by atoms with E-state index in [1.807, 2.05) is 12.1 Å². The fourth-order valence-corrected chi connectivity index (χ4v) is 3.58. The number of rotatable bonds is 7. The molecule has 0 saturated carbocycles. The molecule has 1 aliphatic rings. The third-order valence-electron chi connectivity index (χ3n) is 5.11. The molecular formula is C22H26N2O3. The van der Waals surface area contributed by atoms with Gasteiger partial charge in [-0.15, -0.1) is 0 Å². The van der Waals surface area contributed by atoms with Gasteiger partial charge in [0.1, 0.15) is 12.4 Å². The van der Waals surface area contributed by atoms with Crippen molar-refractivity contribution in [1.29, 1.82) is 5.26 Å². The summed E-state index contributed by atoms with van der Waals surface area (Å²) in [5.41, 5.74) is 3.88. The monoisotopic (exact) mass is 366 g/mol. The van der Waals surface area contributed by atoms with Crippen LogP contribution in [0.1, 0.15) is 29.2 Å². The molecule has 1 atom stereocenters. The zero-order valence-corrected chi connectivity index (χ0v) is 16.2. The van der Waals surface area contributed by atoms with Gasteiger partial charge in [-0.3, -0.25) is 4.90 Å². The van der Waals surface area contributed by atoms with E-state index in [0.29, 0.717) is 19.1 Å². The highest BCUT2D eigenvalue weighted by Gasteiger charge is 2.27. The highest BCUT2D eigenvalue weighted by Crippen LogP contribution is 2.38. The summed E-state index contributed by atoms with van der Waals surface area (Å²) < 4.78 is 16.5. The van der Waals surface area contributed by atoms with Crippen molar-refractivity contribution < 1.29 is 14.2 Å². The van der Waals surface area contributed by atoms with Crippen molar-refractivity contribution in [3.05, 3.63) is 53.1 Å². The summed E-state index contributed by atoms with van der Waals surface area (Å²) in [6.45, 7) is 1.44. The molecule has 0 spiro atoms. The normalized spacial score (nSPS) is 16.3. The van der Waals surface area contributed by atoms with Gasteiger partial charge in [0.05, 0.1) is 26.7 Å². The smallest absolute Gasteiger partial charge is 0.161 e. The molecule has 0 aliphatic carbocycles. The summed E-state index contributed by atoms with van der Waals surface area (Å²) >= 11 is 0. The Morgan fingerprint density at radius 2 is 1.81 bits per heavy atom. The lowest BCUT2D eigenvalue weighted by Crippen LogP contribution is -2.33. The molecule has 0 aromatic heterocycles. The fraction of sp³-hybridized carbons (Fsp3) is 0.409. The van der Waals surface area contributed by atoms with E-state index in [-0.39, 0.29) is 0 Å². The summed E-state index contributed by atoms with van der Waals surface area (Å²) in [5, 5.41) is 8.59. The predicted molar refractivity (Wildman–Crippen MR) is 104 cm³/mol. The van der Waals surface area contributed by atoms with Gasteiger partial charge in [0.15, 0.2) is 11.5 Å². The van der Waals surface area contributed by atoms with E-state index in [9.17, 15) is 0 Å². The number of fused-ring (bicyclic) bond motifs is 1. The molecule has 142 valence electrons. The van der Waals surface area contributed by atoms with Crippen molar-refractivity contribution in [1.82, 2.24) is 4.90 Å². The summed E-state index contributed by atoms with van der Waals surface area (Å²) in [4.78, 5) is 2.39. The van der Waals surface area contributed by atoms with Crippen LogP contribution in [-0.4, -0.2) is 39.3 Å². The Hall–Kier alpha value is -2.71. The van der Waals surface area contributed by atoms with E-state index in [4.69, 9.17) is 19.5 Å². The lowest BCUT2D eigenvalue weighted by molar-refractivity contribution is 0.228. The molecule has 5 nitrogen and oxygen atoms in total. The number of nitriles is 1. The van der Waals surface area contributed by atoms with Crippen molar-refractivity contribution in [2.75, 3.05) is 34.4 Å². The summed E-state index contributed by atoms with van der Waals surface area (Å²) in [7, 11) is 5.53. The molecule has 0 saturated heterocycles. The minimum Gasteiger partial charge on any atom is -0.493 e. The van der Waals surface area contributed by atoms with Crippen LogP contribution in [0.25, 0.3) is 0 Å². The van der Waals surface area contributed by atoms with Gasteiger partial charge in [-0.25, -0.2) is 0 Å². The van der Waals surface area contributed by atoms with Crippen LogP contribution in [0.15, 0.2) is 36.4 Å². The Bertz CT molecular complexity index is 812. The first-order valence-corrected chi connectivity index (χ1v) is 9.20. The highest BCUT2D eigenvalue weighted by molar-refractivity contribution is 5.49. The Morgan fingerprint density at radius 3 is 2.48 bits per heavy atom. The van der Waals surface area contributed by atoms with Gasteiger partial charge < -0.3 is 14.2 Å². The van der Waals surface area contributed by atoms with Crippen LogP contribution < -0.4 is 14.2 Å². The van der Waals surface area contributed by atoms with Gasteiger partial charge in [-0.1, -0.05) is 12.1 Å². The lowest BCUT2D eigenvalue weighted by Gasteiger charge is -2.35. The largest absolute Gasteiger partial charge is 0.493 e. The van der Waals surface area contributed by atoms with Gasteiger partial charge >= 0.3 is 0 Å². The Morgan fingerprint density at radius 1 is 1.11 bits per heavy atom. The molecule has 1 heterocycles. The maximum atomic E-state index is 8.59. The van der Waals surface area contributed by atoms with Crippen LogP contribution in [0.3, 0.4) is 0 Å². The summed E-state index contributed by atoms with van der Waals surface area (Å²) in [6.07, 6.45) is 2.32. The topological polar surface area (TPSA) is 54.7 Å². The molecule has 0 fully saturated rings. The molecule has 2 aromatic rings. The maximum Gasteiger partial charge on any atom is 0.161 e. The molecule has 0 N–H and O–H groups in total. The van der Waals surface area contributed by atoms with E-state index < -0.39 is 0 Å². The van der Waals surface area contributed by atoms with E-state index >= 15 is 0 Å². The van der Waals surface area contributed by atoms with Gasteiger partial charge in [0, 0.05) is 12.6 Å². The first-order chi connectivity index (χ1) is 13.2. The molecule has 0 bridgehead atoms. The van der Waals surface area contributed by atoms with E-state index in [2.05, 4.69) is 42.3 Å². The first-order valence-electron chi connectivity index (χ1n) is 9.20. The first kappa shape index (κ1) is 19.1. The predicted octanol–water partition coefficient (Wildman–Crippen LogP) is 3.77. The zero-order valence-electron chi connectivity index (χ0n) is 16.2. The molecular weight excluding hydrogens is 340 g/mol. The number of ether oxygens (including phenoxy) is 3. The molecule has 0 unspecified atom stereocenters. The van der Waals surface area contributed by atoms with Crippen LogP contribution in [0.4, 0.5) is 0 Å². The van der Waals surface area contributed by atoms with Crippen LogP contribution in [0.2, 0.25) is 0 Å². The minimum atomic E-state index is 0.291. The second kappa shape index (κ2) is 8.79. The number of benzene rings is 2. The van der Waals surface area contributed by atoms with Gasteiger partial charge in [0.2, 0.25) is 0 Å². The van der Waals surface area contributed by atoms with E-state index in [0.717, 1.165) is 36.6 Å². The van der Waals surface area contributed by atoms with Gasteiger partial charge in [0.25, 0.3) is 0 Å². The quantitative estimate of drug-likeness (QED) is 0.698. The second-order valence-corrected chi connectivity index (χ2v) is 6.76. The van der Waals surface area contributed by atoms with Crippen LogP contribution in [0.5, 0.6) is 17.2 Å². The van der Waals surface area contributed by atoms with Crippen molar-refractivity contribution >= 4 is 0 Å². The third kappa shape index (κ3) is 4.35. The van der Waals surface area contributed by atoms with Crippen molar-refractivity contribution in [2.45, 2.75) is 25.3 Å².